The molecule has 0 saturated heterocycles. The Morgan fingerprint density at radius 3 is 2.56 bits per heavy atom. The summed E-state index contributed by atoms with van der Waals surface area (Å²) in [5.41, 5.74) is 0.0221. The second kappa shape index (κ2) is 8.35. The van der Waals surface area contributed by atoms with Crippen LogP contribution in [0.4, 0.5) is 17.6 Å². The summed E-state index contributed by atoms with van der Waals surface area (Å²) in [6.07, 6.45) is 0.878. The SMILES string of the molecule is COc1c(F)cc(C#N)cc1CN(C)C(=O)c1cnc(OC(F)F)c(F)c1. The van der Waals surface area contributed by atoms with Crippen LogP contribution in [0, 0.1) is 23.0 Å². The van der Waals surface area contributed by atoms with Crippen molar-refractivity contribution in [3.8, 4) is 17.7 Å². The van der Waals surface area contributed by atoms with Crippen LogP contribution < -0.4 is 9.47 Å². The van der Waals surface area contributed by atoms with Gasteiger partial charge < -0.3 is 14.4 Å². The van der Waals surface area contributed by atoms with E-state index in [1.54, 1.807) is 6.07 Å². The summed E-state index contributed by atoms with van der Waals surface area (Å²) in [5, 5.41) is 8.94. The van der Waals surface area contributed by atoms with Crippen LogP contribution in [0.5, 0.6) is 11.6 Å². The number of hydrogen-bond donors (Lipinski definition) is 0. The molecule has 2 aromatic rings. The first-order valence-corrected chi connectivity index (χ1v) is 7.39. The molecule has 0 atom stereocenters. The smallest absolute Gasteiger partial charge is 0.388 e. The van der Waals surface area contributed by atoms with Crippen molar-refractivity contribution in [2.45, 2.75) is 13.2 Å². The lowest BCUT2D eigenvalue weighted by Crippen LogP contribution is -2.27. The Bertz CT molecular complexity index is 900. The van der Waals surface area contributed by atoms with Crippen LogP contribution in [0.25, 0.3) is 0 Å². The molecule has 0 aliphatic carbocycles. The number of rotatable bonds is 6. The molecule has 0 saturated carbocycles. The molecule has 0 unspecified atom stereocenters. The van der Waals surface area contributed by atoms with Crippen molar-refractivity contribution in [1.29, 1.82) is 5.26 Å². The summed E-state index contributed by atoms with van der Waals surface area (Å²) in [7, 11) is 2.58. The largest absolute Gasteiger partial charge is 0.493 e. The average Bonchev–Trinajstić information content (AvgIpc) is 2.62. The molecule has 1 amide bonds. The minimum atomic E-state index is -3.26. The molecular weight excluding hydrogens is 370 g/mol. The van der Waals surface area contributed by atoms with Gasteiger partial charge in [-0.15, -0.1) is 0 Å². The molecule has 1 aromatic carbocycles. The number of benzene rings is 1. The minimum Gasteiger partial charge on any atom is -0.493 e. The summed E-state index contributed by atoms with van der Waals surface area (Å²) < 4.78 is 60.8. The number of aromatic nitrogens is 1. The Morgan fingerprint density at radius 1 is 1.30 bits per heavy atom. The van der Waals surface area contributed by atoms with Gasteiger partial charge in [-0.05, 0) is 18.2 Å². The maximum Gasteiger partial charge on any atom is 0.388 e. The fraction of sp³-hybridized carbons (Fsp3) is 0.235. The van der Waals surface area contributed by atoms with E-state index < -0.39 is 30.0 Å². The summed E-state index contributed by atoms with van der Waals surface area (Å²) in [6.45, 7) is -3.42. The second-order valence-electron chi connectivity index (χ2n) is 5.31. The fourth-order valence-corrected chi connectivity index (χ4v) is 2.32. The number of halogens is 4. The lowest BCUT2D eigenvalue weighted by Gasteiger charge is -2.19. The van der Waals surface area contributed by atoms with Crippen LogP contribution in [-0.4, -0.2) is 36.6 Å². The number of amides is 1. The van der Waals surface area contributed by atoms with E-state index >= 15 is 0 Å². The van der Waals surface area contributed by atoms with Crippen molar-refractivity contribution in [3.05, 3.63) is 52.7 Å². The van der Waals surface area contributed by atoms with Crippen molar-refractivity contribution in [3.63, 3.8) is 0 Å². The molecule has 0 aliphatic rings. The highest BCUT2D eigenvalue weighted by molar-refractivity contribution is 5.93. The molecule has 0 bridgehead atoms. The lowest BCUT2D eigenvalue weighted by molar-refractivity contribution is -0.0553. The van der Waals surface area contributed by atoms with Crippen molar-refractivity contribution in [1.82, 2.24) is 9.88 Å². The standard InChI is InChI=1S/C17H13F4N3O3/c1-24(8-11-3-9(6-22)4-12(18)14(11)26-2)16(25)10-5-13(19)15(23-7-10)27-17(20)21/h3-5,7,17H,8H2,1-2H3. The third-order valence-electron chi connectivity index (χ3n) is 3.46. The third-order valence-corrected chi connectivity index (χ3v) is 3.46. The van der Waals surface area contributed by atoms with Gasteiger partial charge >= 0.3 is 6.61 Å². The number of carbonyl (C=O) groups is 1. The molecule has 0 fully saturated rings. The Balaban J connectivity index is 2.25. The van der Waals surface area contributed by atoms with Gasteiger partial charge in [0.05, 0.1) is 24.3 Å². The first-order chi connectivity index (χ1) is 12.8. The molecular formula is C17H13F4N3O3. The molecule has 1 aromatic heterocycles. The topological polar surface area (TPSA) is 75.5 Å². The van der Waals surface area contributed by atoms with Crippen molar-refractivity contribution in [2.24, 2.45) is 0 Å². The zero-order valence-corrected chi connectivity index (χ0v) is 14.2. The van der Waals surface area contributed by atoms with E-state index in [4.69, 9.17) is 10.00 Å². The molecule has 1 heterocycles. The van der Waals surface area contributed by atoms with Crippen LogP contribution in [0.15, 0.2) is 24.4 Å². The predicted molar refractivity (Wildman–Crippen MR) is 84.3 cm³/mol. The first kappa shape index (κ1) is 20.0. The zero-order valence-electron chi connectivity index (χ0n) is 14.2. The van der Waals surface area contributed by atoms with Crippen LogP contribution in [-0.2, 0) is 6.54 Å². The van der Waals surface area contributed by atoms with Crippen LogP contribution in [0.2, 0.25) is 0 Å². The summed E-state index contributed by atoms with van der Waals surface area (Å²) in [6, 6.07) is 4.83. The molecule has 10 heteroatoms. The van der Waals surface area contributed by atoms with Gasteiger partial charge in [0.1, 0.15) is 0 Å². The minimum absolute atomic E-state index is 0.0327. The highest BCUT2D eigenvalue weighted by Gasteiger charge is 2.20. The van der Waals surface area contributed by atoms with Crippen molar-refractivity contribution < 1.29 is 31.8 Å². The molecule has 0 spiro atoms. The molecule has 6 nitrogen and oxygen atoms in total. The van der Waals surface area contributed by atoms with Crippen LogP contribution in [0.3, 0.4) is 0 Å². The maximum atomic E-state index is 14.0. The normalized spacial score (nSPS) is 10.4. The van der Waals surface area contributed by atoms with Gasteiger partial charge in [0.25, 0.3) is 11.8 Å². The van der Waals surface area contributed by atoms with Gasteiger partial charge in [0.15, 0.2) is 17.4 Å². The van der Waals surface area contributed by atoms with E-state index in [1.165, 1.54) is 20.2 Å². The Labute approximate surface area is 151 Å². The van der Waals surface area contributed by atoms with E-state index in [0.29, 0.717) is 6.07 Å². The molecule has 0 radical (unpaired) electrons. The number of carbonyl (C=O) groups excluding carboxylic acids is 1. The van der Waals surface area contributed by atoms with E-state index in [9.17, 15) is 22.4 Å². The molecule has 0 aliphatic heterocycles. The third kappa shape index (κ3) is 4.63. The van der Waals surface area contributed by atoms with E-state index in [0.717, 1.165) is 17.2 Å². The fourth-order valence-electron chi connectivity index (χ4n) is 2.32. The number of ether oxygens (including phenoxy) is 2. The lowest BCUT2D eigenvalue weighted by atomic mass is 10.1. The number of nitriles is 1. The summed E-state index contributed by atoms with van der Waals surface area (Å²) >= 11 is 0. The number of alkyl halides is 2. The monoisotopic (exact) mass is 383 g/mol. The molecule has 27 heavy (non-hydrogen) atoms. The van der Waals surface area contributed by atoms with Gasteiger partial charge in [-0.1, -0.05) is 0 Å². The van der Waals surface area contributed by atoms with Gasteiger partial charge in [0.2, 0.25) is 0 Å². The van der Waals surface area contributed by atoms with E-state index in [1.807, 2.05) is 0 Å². The van der Waals surface area contributed by atoms with Crippen LogP contribution >= 0.6 is 0 Å². The van der Waals surface area contributed by atoms with Gasteiger partial charge in [-0.3, -0.25) is 4.79 Å². The molecule has 0 N–H and O–H groups in total. The number of pyridine rings is 1. The van der Waals surface area contributed by atoms with E-state index in [-0.39, 0.29) is 29.0 Å². The number of methoxy groups -OCH3 is 1. The van der Waals surface area contributed by atoms with Gasteiger partial charge in [-0.25, -0.2) is 13.8 Å². The molecule has 142 valence electrons. The average molecular weight is 383 g/mol. The maximum absolute atomic E-state index is 14.0. The summed E-state index contributed by atoms with van der Waals surface area (Å²) in [4.78, 5) is 16.9. The van der Waals surface area contributed by atoms with Crippen molar-refractivity contribution in [2.75, 3.05) is 14.2 Å². The highest BCUT2D eigenvalue weighted by atomic mass is 19.3. The first-order valence-electron chi connectivity index (χ1n) is 7.39. The van der Waals surface area contributed by atoms with Gasteiger partial charge in [-0.2, -0.15) is 14.0 Å². The predicted octanol–water partition coefficient (Wildman–Crippen LogP) is 3.11. The van der Waals surface area contributed by atoms with Crippen molar-refractivity contribution >= 4 is 5.91 Å². The van der Waals surface area contributed by atoms with Crippen LogP contribution in [0.1, 0.15) is 21.5 Å². The molecule has 2 rings (SSSR count). The van der Waals surface area contributed by atoms with Gasteiger partial charge in [0, 0.05) is 25.4 Å². The quantitative estimate of drug-likeness (QED) is 0.717. The zero-order chi connectivity index (χ0) is 20.1. The second-order valence-corrected chi connectivity index (χ2v) is 5.31. The Kier molecular flexibility index (Phi) is 6.18. The number of hydrogen-bond acceptors (Lipinski definition) is 5. The van der Waals surface area contributed by atoms with E-state index in [2.05, 4.69) is 9.72 Å². The Morgan fingerprint density at radius 2 is 2.00 bits per heavy atom. The highest BCUT2D eigenvalue weighted by Crippen LogP contribution is 2.26. The number of nitrogens with zero attached hydrogens (tertiary/aromatic N) is 3. The Hall–Kier alpha value is -3.35. The summed E-state index contributed by atoms with van der Waals surface area (Å²) in [5.74, 6) is -3.79.